The third kappa shape index (κ3) is 4.32. The molecule has 0 aliphatic carbocycles. The summed E-state index contributed by atoms with van der Waals surface area (Å²) in [5.74, 6) is -0.460. The number of benzene rings is 1. The predicted molar refractivity (Wildman–Crippen MR) is 81.0 cm³/mol. The van der Waals surface area contributed by atoms with E-state index in [0.717, 1.165) is 36.4 Å². The fourth-order valence-corrected chi connectivity index (χ4v) is 2.45. The fourth-order valence-electron chi connectivity index (χ4n) is 2.45. The second-order valence-electron chi connectivity index (χ2n) is 5.91. The Kier molecular flexibility index (Phi) is 4.75. The lowest BCUT2D eigenvalue weighted by Crippen LogP contribution is -2.56. The lowest BCUT2D eigenvalue weighted by atomic mass is 10.1. The van der Waals surface area contributed by atoms with Crippen LogP contribution in [-0.2, 0) is 12.4 Å². The second-order valence-corrected chi connectivity index (χ2v) is 5.91. The number of carbonyl (C=O) groups is 1. The van der Waals surface area contributed by atoms with Gasteiger partial charge in [0.05, 0.1) is 24.2 Å². The molecule has 2 aromatic rings. The van der Waals surface area contributed by atoms with E-state index in [4.69, 9.17) is 4.74 Å². The minimum absolute atomic E-state index is 0.00497. The smallest absolute Gasteiger partial charge is 0.417 e. The van der Waals surface area contributed by atoms with Crippen molar-refractivity contribution in [3.8, 4) is 5.88 Å². The van der Waals surface area contributed by atoms with Gasteiger partial charge < -0.3 is 9.64 Å². The molecule has 0 N–H and O–H groups in total. The number of alkyl halides is 6. The van der Waals surface area contributed by atoms with E-state index < -0.39 is 35.5 Å². The maximum absolute atomic E-state index is 12.5. The molecule has 0 atom stereocenters. The fraction of sp³-hybridized carbons (Fsp3) is 0.294. The van der Waals surface area contributed by atoms with Gasteiger partial charge in [-0.1, -0.05) is 0 Å². The Hall–Kier alpha value is -2.78. The molecule has 1 aliphatic rings. The van der Waals surface area contributed by atoms with E-state index in [1.54, 1.807) is 0 Å². The standard InChI is InChI=1S/C17H12F6N2O2/c18-16(19,20)11-3-1-10(2-4-11)15(26)25-8-13(9-25)27-14-6-5-12(7-24-14)17(21,22)23/h1-7,13H,8-9H2. The first-order valence-electron chi connectivity index (χ1n) is 7.70. The van der Waals surface area contributed by atoms with Gasteiger partial charge in [0.15, 0.2) is 0 Å². The van der Waals surface area contributed by atoms with Crippen LogP contribution < -0.4 is 4.74 Å². The third-order valence-electron chi connectivity index (χ3n) is 3.95. The predicted octanol–water partition coefficient (Wildman–Crippen LogP) is 4.02. The van der Waals surface area contributed by atoms with Crippen molar-refractivity contribution in [3.05, 3.63) is 59.3 Å². The topological polar surface area (TPSA) is 42.4 Å². The average molecular weight is 390 g/mol. The van der Waals surface area contributed by atoms with E-state index >= 15 is 0 Å². The van der Waals surface area contributed by atoms with Crippen molar-refractivity contribution in [2.24, 2.45) is 0 Å². The van der Waals surface area contributed by atoms with Gasteiger partial charge in [0, 0.05) is 17.8 Å². The molecule has 0 bridgehead atoms. The van der Waals surface area contributed by atoms with Crippen molar-refractivity contribution in [2.75, 3.05) is 13.1 Å². The highest BCUT2D eigenvalue weighted by Crippen LogP contribution is 2.30. The first kappa shape index (κ1) is 19.0. The number of aromatic nitrogens is 1. The highest BCUT2D eigenvalue weighted by atomic mass is 19.4. The van der Waals surface area contributed by atoms with Crippen LogP contribution in [-0.4, -0.2) is 35.0 Å². The van der Waals surface area contributed by atoms with E-state index in [9.17, 15) is 31.1 Å². The zero-order valence-electron chi connectivity index (χ0n) is 13.5. The number of ether oxygens (including phenoxy) is 1. The van der Waals surface area contributed by atoms with E-state index in [2.05, 4.69) is 4.98 Å². The van der Waals surface area contributed by atoms with Crippen LogP contribution in [0.25, 0.3) is 0 Å². The molecule has 2 heterocycles. The number of likely N-dealkylation sites (tertiary alicyclic amines) is 1. The Morgan fingerprint density at radius 2 is 1.48 bits per heavy atom. The highest BCUT2D eigenvalue weighted by Gasteiger charge is 2.35. The summed E-state index contributed by atoms with van der Waals surface area (Å²) in [7, 11) is 0. The van der Waals surface area contributed by atoms with Gasteiger partial charge in [-0.25, -0.2) is 4.98 Å². The monoisotopic (exact) mass is 390 g/mol. The first-order chi connectivity index (χ1) is 12.5. The maximum atomic E-state index is 12.5. The third-order valence-corrected chi connectivity index (χ3v) is 3.95. The van der Waals surface area contributed by atoms with Crippen molar-refractivity contribution >= 4 is 5.91 Å². The minimum Gasteiger partial charge on any atom is -0.471 e. The lowest BCUT2D eigenvalue weighted by Gasteiger charge is -2.38. The molecule has 0 radical (unpaired) electrons. The van der Waals surface area contributed by atoms with Crippen LogP contribution in [0.5, 0.6) is 5.88 Å². The minimum atomic E-state index is -4.49. The molecule has 1 saturated heterocycles. The Morgan fingerprint density at radius 1 is 0.926 bits per heavy atom. The quantitative estimate of drug-likeness (QED) is 0.744. The van der Waals surface area contributed by atoms with Crippen LogP contribution in [0.2, 0.25) is 0 Å². The summed E-state index contributed by atoms with van der Waals surface area (Å²) in [6.45, 7) is 0.311. The summed E-state index contributed by atoms with van der Waals surface area (Å²) in [6.07, 6.45) is -8.77. The van der Waals surface area contributed by atoms with Crippen molar-refractivity contribution in [1.29, 1.82) is 0 Å². The molecule has 1 aromatic heterocycles. The summed E-state index contributed by atoms with van der Waals surface area (Å²) in [5, 5.41) is 0. The maximum Gasteiger partial charge on any atom is 0.417 e. The molecule has 1 amide bonds. The largest absolute Gasteiger partial charge is 0.471 e. The Morgan fingerprint density at radius 3 is 1.96 bits per heavy atom. The highest BCUT2D eigenvalue weighted by molar-refractivity contribution is 5.94. The molecular formula is C17H12F6N2O2. The SMILES string of the molecule is O=C(c1ccc(C(F)(F)F)cc1)N1CC(Oc2ccc(C(F)(F)F)cn2)C1. The zero-order chi connectivity index (χ0) is 19.8. The summed E-state index contributed by atoms with van der Waals surface area (Å²) in [6, 6.07) is 5.77. The molecule has 0 unspecified atom stereocenters. The molecular weight excluding hydrogens is 378 g/mol. The van der Waals surface area contributed by atoms with Crippen molar-refractivity contribution in [1.82, 2.24) is 9.88 Å². The van der Waals surface area contributed by atoms with Gasteiger partial charge >= 0.3 is 12.4 Å². The second kappa shape index (κ2) is 6.75. The van der Waals surface area contributed by atoms with Crippen LogP contribution >= 0.6 is 0 Å². The normalized spacial score (nSPS) is 15.4. The van der Waals surface area contributed by atoms with Gasteiger partial charge in [0.1, 0.15) is 6.10 Å². The van der Waals surface area contributed by atoms with Gasteiger partial charge in [-0.2, -0.15) is 26.3 Å². The molecule has 1 fully saturated rings. The number of hydrogen-bond donors (Lipinski definition) is 0. The van der Waals surface area contributed by atoms with Crippen molar-refractivity contribution < 1.29 is 35.9 Å². The molecule has 1 aromatic carbocycles. The van der Waals surface area contributed by atoms with E-state index in [-0.39, 0.29) is 24.5 Å². The molecule has 0 saturated carbocycles. The number of nitrogens with zero attached hydrogens (tertiary/aromatic N) is 2. The summed E-state index contributed by atoms with van der Waals surface area (Å²) >= 11 is 0. The number of halogens is 6. The van der Waals surface area contributed by atoms with Gasteiger partial charge in [0.2, 0.25) is 5.88 Å². The molecule has 3 rings (SSSR count). The number of rotatable bonds is 3. The molecule has 27 heavy (non-hydrogen) atoms. The Labute approximate surface area is 149 Å². The van der Waals surface area contributed by atoms with Crippen molar-refractivity contribution in [3.63, 3.8) is 0 Å². The average Bonchev–Trinajstić information content (AvgIpc) is 2.56. The van der Waals surface area contributed by atoms with Gasteiger partial charge in [-0.15, -0.1) is 0 Å². The van der Waals surface area contributed by atoms with Crippen LogP contribution in [0.4, 0.5) is 26.3 Å². The first-order valence-corrected chi connectivity index (χ1v) is 7.70. The molecule has 1 aliphatic heterocycles. The van der Waals surface area contributed by atoms with Gasteiger partial charge in [-0.3, -0.25) is 4.79 Å². The Bertz CT molecular complexity index is 809. The lowest BCUT2D eigenvalue weighted by molar-refractivity contribution is -0.138. The van der Waals surface area contributed by atoms with Crippen LogP contribution in [0.3, 0.4) is 0 Å². The van der Waals surface area contributed by atoms with Crippen molar-refractivity contribution in [2.45, 2.75) is 18.5 Å². The number of hydrogen-bond acceptors (Lipinski definition) is 3. The Balaban J connectivity index is 1.54. The zero-order valence-corrected chi connectivity index (χ0v) is 13.5. The van der Waals surface area contributed by atoms with Gasteiger partial charge in [0.25, 0.3) is 5.91 Å². The molecule has 10 heteroatoms. The summed E-state index contributed by atoms with van der Waals surface area (Å²) < 4.78 is 80.3. The summed E-state index contributed by atoms with van der Waals surface area (Å²) in [5.41, 5.74) is -1.64. The number of amides is 1. The molecule has 4 nitrogen and oxygen atoms in total. The van der Waals surface area contributed by atoms with E-state index in [1.807, 2.05) is 0 Å². The van der Waals surface area contributed by atoms with Gasteiger partial charge in [-0.05, 0) is 30.3 Å². The van der Waals surface area contributed by atoms with E-state index in [1.165, 1.54) is 4.90 Å². The number of carbonyl (C=O) groups excluding carboxylic acids is 1. The van der Waals surface area contributed by atoms with Crippen LogP contribution in [0.15, 0.2) is 42.6 Å². The molecule has 144 valence electrons. The molecule has 0 spiro atoms. The summed E-state index contributed by atoms with van der Waals surface area (Å²) in [4.78, 5) is 17.1. The van der Waals surface area contributed by atoms with Crippen LogP contribution in [0, 0.1) is 0 Å². The van der Waals surface area contributed by atoms with Crippen LogP contribution in [0.1, 0.15) is 21.5 Å². The number of pyridine rings is 1. The van der Waals surface area contributed by atoms with E-state index in [0.29, 0.717) is 6.20 Å².